The van der Waals surface area contributed by atoms with Gasteiger partial charge in [-0.15, -0.1) is 0 Å². The van der Waals surface area contributed by atoms with Crippen LogP contribution in [-0.4, -0.2) is 33.5 Å². The number of anilines is 1. The zero-order valence-corrected chi connectivity index (χ0v) is 11.9. The fourth-order valence-corrected chi connectivity index (χ4v) is 1.56. The molecule has 0 bridgehead atoms. The summed E-state index contributed by atoms with van der Waals surface area (Å²) < 4.78 is 15.8. The Morgan fingerprint density at radius 1 is 1.06 bits per heavy atom. The van der Waals surface area contributed by atoms with Crippen molar-refractivity contribution in [3.05, 3.63) is 18.2 Å². The Morgan fingerprint density at radius 2 is 1.72 bits per heavy atom. The minimum absolute atomic E-state index is 0.108. The van der Waals surface area contributed by atoms with Crippen LogP contribution in [0.2, 0.25) is 0 Å². The van der Waals surface area contributed by atoms with Gasteiger partial charge in [0, 0.05) is 25.4 Å². The molecule has 102 valence electrons. The van der Waals surface area contributed by atoms with Crippen LogP contribution >= 0.6 is 0 Å². The van der Waals surface area contributed by atoms with E-state index in [1.807, 2.05) is 18.2 Å². The topological polar surface area (TPSA) is 39.7 Å². The number of hydrogen-bond donors (Lipinski definition) is 1. The smallest absolute Gasteiger partial charge is 0.162 e. The van der Waals surface area contributed by atoms with Gasteiger partial charge in [-0.1, -0.05) is 0 Å². The first-order chi connectivity index (χ1) is 8.52. The number of ether oxygens (including phenoxy) is 3. The molecule has 0 aliphatic heterocycles. The average Bonchev–Trinajstić information content (AvgIpc) is 2.38. The molecule has 4 heteroatoms. The summed E-state index contributed by atoms with van der Waals surface area (Å²) in [5.74, 6) is 1.47. The summed E-state index contributed by atoms with van der Waals surface area (Å²) in [5, 5.41) is 3.35. The van der Waals surface area contributed by atoms with Crippen LogP contribution in [-0.2, 0) is 4.74 Å². The molecule has 1 aromatic carbocycles. The molecule has 0 saturated carbocycles. The third-order valence-electron chi connectivity index (χ3n) is 2.99. The molecule has 0 atom stereocenters. The van der Waals surface area contributed by atoms with E-state index in [-0.39, 0.29) is 5.60 Å². The first-order valence-electron chi connectivity index (χ1n) is 6.03. The van der Waals surface area contributed by atoms with Crippen molar-refractivity contribution < 1.29 is 14.2 Å². The zero-order chi connectivity index (χ0) is 13.6. The van der Waals surface area contributed by atoms with Crippen molar-refractivity contribution in [1.82, 2.24) is 0 Å². The van der Waals surface area contributed by atoms with Gasteiger partial charge in [0.25, 0.3) is 0 Å². The highest BCUT2D eigenvalue weighted by Crippen LogP contribution is 2.29. The zero-order valence-electron chi connectivity index (χ0n) is 11.9. The number of methoxy groups -OCH3 is 3. The molecule has 4 nitrogen and oxygen atoms in total. The van der Waals surface area contributed by atoms with E-state index >= 15 is 0 Å². The lowest BCUT2D eigenvalue weighted by atomic mass is 10.1. The van der Waals surface area contributed by atoms with E-state index < -0.39 is 0 Å². The molecule has 0 heterocycles. The van der Waals surface area contributed by atoms with Crippen LogP contribution < -0.4 is 14.8 Å². The van der Waals surface area contributed by atoms with E-state index in [0.29, 0.717) is 0 Å². The second-order valence-electron chi connectivity index (χ2n) is 4.71. The highest BCUT2D eigenvalue weighted by Gasteiger charge is 2.15. The summed E-state index contributed by atoms with van der Waals surface area (Å²) in [6.45, 7) is 4.99. The highest BCUT2D eigenvalue weighted by atomic mass is 16.5. The molecule has 1 N–H and O–H groups in total. The number of nitrogens with one attached hydrogen (secondary N) is 1. The Kier molecular flexibility index (Phi) is 5.28. The van der Waals surface area contributed by atoms with Crippen molar-refractivity contribution in [3.8, 4) is 11.5 Å². The molecule has 0 fully saturated rings. The molecule has 0 spiro atoms. The molecule has 0 unspecified atom stereocenters. The van der Waals surface area contributed by atoms with E-state index in [4.69, 9.17) is 14.2 Å². The van der Waals surface area contributed by atoms with Crippen molar-refractivity contribution in [3.63, 3.8) is 0 Å². The predicted molar refractivity (Wildman–Crippen MR) is 73.7 cm³/mol. The van der Waals surface area contributed by atoms with Crippen LogP contribution in [0.5, 0.6) is 11.5 Å². The van der Waals surface area contributed by atoms with E-state index in [2.05, 4.69) is 19.2 Å². The van der Waals surface area contributed by atoms with Crippen LogP contribution in [0.25, 0.3) is 0 Å². The molecular formula is C14H23NO3. The van der Waals surface area contributed by atoms with Gasteiger partial charge < -0.3 is 19.5 Å². The van der Waals surface area contributed by atoms with E-state index in [1.165, 1.54) is 0 Å². The van der Waals surface area contributed by atoms with Gasteiger partial charge in [0.1, 0.15) is 0 Å². The minimum atomic E-state index is -0.108. The molecule has 0 radical (unpaired) electrons. The monoisotopic (exact) mass is 253 g/mol. The molecule has 18 heavy (non-hydrogen) atoms. The fourth-order valence-electron chi connectivity index (χ4n) is 1.56. The Morgan fingerprint density at radius 3 is 2.28 bits per heavy atom. The van der Waals surface area contributed by atoms with Gasteiger partial charge in [0.15, 0.2) is 11.5 Å². The van der Waals surface area contributed by atoms with Crippen LogP contribution in [0.1, 0.15) is 20.3 Å². The lowest BCUT2D eigenvalue weighted by Crippen LogP contribution is -2.25. The van der Waals surface area contributed by atoms with Crippen molar-refractivity contribution in [2.75, 3.05) is 33.2 Å². The largest absolute Gasteiger partial charge is 0.493 e. The molecule has 0 aliphatic carbocycles. The summed E-state index contributed by atoms with van der Waals surface area (Å²) in [6.07, 6.45) is 0.928. The molecule has 1 rings (SSSR count). The minimum Gasteiger partial charge on any atom is -0.493 e. The Labute approximate surface area is 109 Å². The molecule has 0 aliphatic rings. The van der Waals surface area contributed by atoms with Gasteiger partial charge in [0.2, 0.25) is 0 Å². The first kappa shape index (κ1) is 14.6. The number of rotatable bonds is 7. The fraction of sp³-hybridized carbons (Fsp3) is 0.571. The number of benzene rings is 1. The average molecular weight is 253 g/mol. The highest BCUT2D eigenvalue weighted by molar-refractivity contribution is 5.54. The maximum atomic E-state index is 5.37. The Bertz CT molecular complexity index is 377. The summed E-state index contributed by atoms with van der Waals surface area (Å²) >= 11 is 0. The maximum Gasteiger partial charge on any atom is 0.162 e. The van der Waals surface area contributed by atoms with E-state index in [1.54, 1.807) is 21.3 Å². The third-order valence-corrected chi connectivity index (χ3v) is 2.99. The lowest BCUT2D eigenvalue weighted by Gasteiger charge is -2.23. The van der Waals surface area contributed by atoms with Crippen molar-refractivity contribution in [2.24, 2.45) is 0 Å². The molecular weight excluding hydrogens is 230 g/mol. The van der Waals surface area contributed by atoms with Gasteiger partial charge in [-0.3, -0.25) is 0 Å². The van der Waals surface area contributed by atoms with E-state index in [9.17, 15) is 0 Å². The van der Waals surface area contributed by atoms with Gasteiger partial charge in [0.05, 0.1) is 19.8 Å². The molecule has 0 amide bonds. The summed E-state index contributed by atoms with van der Waals surface area (Å²) in [5.41, 5.74) is 0.906. The normalized spacial score (nSPS) is 11.2. The van der Waals surface area contributed by atoms with Crippen molar-refractivity contribution >= 4 is 5.69 Å². The second kappa shape index (κ2) is 6.50. The van der Waals surface area contributed by atoms with Gasteiger partial charge in [-0.2, -0.15) is 0 Å². The second-order valence-corrected chi connectivity index (χ2v) is 4.71. The van der Waals surface area contributed by atoms with Crippen molar-refractivity contribution in [1.29, 1.82) is 0 Å². The summed E-state index contributed by atoms with van der Waals surface area (Å²) in [4.78, 5) is 0. The summed E-state index contributed by atoms with van der Waals surface area (Å²) in [7, 11) is 5.00. The van der Waals surface area contributed by atoms with Gasteiger partial charge >= 0.3 is 0 Å². The molecule has 0 saturated heterocycles. The quantitative estimate of drug-likeness (QED) is 0.811. The van der Waals surface area contributed by atoms with Crippen LogP contribution in [0.4, 0.5) is 5.69 Å². The Hall–Kier alpha value is -1.42. The third kappa shape index (κ3) is 4.11. The van der Waals surface area contributed by atoms with Crippen molar-refractivity contribution in [2.45, 2.75) is 25.9 Å². The van der Waals surface area contributed by atoms with Crippen LogP contribution in [0.15, 0.2) is 18.2 Å². The van der Waals surface area contributed by atoms with Gasteiger partial charge in [-0.25, -0.2) is 0 Å². The lowest BCUT2D eigenvalue weighted by molar-refractivity contribution is 0.0185. The maximum absolute atomic E-state index is 5.37. The van der Waals surface area contributed by atoms with Gasteiger partial charge in [-0.05, 0) is 32.4 Å². The number of hydrogen-bond acceptors (Lipinski definition) is 4. The predicted octanol–water partition coefficient (Wildman–Crippen LogP) is 2.93. The standard InChI is InChI=1S/C14H23NO3/c1-14(2,18-5)8-9-15-11-6-7-12(16-3)13(10-11)17-4/h6-7,10,15H,8-9H2,1-5H3. The first-order valence-corrected chi connectivity index (χ1v) is 6.03. The van der Waals surface area contributed by atoms with Crippen LogP contribution in [0.3, 0.4) is 0 Å². The molecule has 0 aromatic heterocycles. The Balaban J connectivity index is 2.58. The van der Waals surface area contributed by atoms with Crippen LogP contribution in [0, 0.1) is 0 Å². The van der Waals surface area contributed by atoms with E-state index in [0.717, 1.165) is 30.2 Å². The molecule has 1 aromatic rings. The summed E-state index contributed by atoms with van der Waals surface area (Å²) in [6, 6.07) is 5.79. The SMILES string of the molecule is COc1ccc(NCCC(C)(C)OC)cc1OC.